The van der Waals surface area contributed by atoms with E-state index in [0.29, 0.717) is 22.9 Å². The van der Waals surface area contributed by atoms with Crippen molar-refractivity contribution in [1.29, 1.82) is 0 Å². The Morgan fingerprint density at radius 1 is 1.06 bits per heavy atom. The maximum atomic E-state index is 12.7. The van der Waals surface area contributed by atoms with Crippen molar-refractivity contribution in [2.45, 2.75) is 62.3 Å². The second-order valence-electron chi connectivity index (χ2n) is 10.5. The first-order valence-corrected chi connectivity index (χ1v) is 12.1. The van der Waals surface area contributed by atoms with Crippen molar-refractivity contribution in [3.8, 4) is 11.1 Å². The summed E-state index contributed by atoms with van der Waals surface area (Å²) in [4.78, 5) is 29.5. The molecule has 0 radical (unpaired) electrons. The van der Waals surface area contributed by atoms with E-state index in [9.17, 15) is 9.59 Å². The monoisotopic (exact) mass is 476 g/mol. The molecule has 35 heavy (non-hydrogen) atoms. The van der Waals surface area contributed by atoms with Crippen LogP contribution in [0.4, 0.5) is 16.3 Å². The number of benzene rings is 1. The molecule has 0 atom stereocenters. The highest BCUT2D eigenvalue weighted by atomic mass is 16.2. The summed E-state index contributed by atoms with van der Waals surface area (Å²) in [5.74, 6) is 1.28. The molecule has 6 heteroatoms. The molecule has 1 aromatic heterocycles. The van der Waals surface area contributed by atoms with Crippen LogP contribution in [0.5, 0.6) is 0 Å². The third-order valence-corrected chi connectivity index (χ3v) is 5.89. The molecule has 3 N–H and O–H groups in total. The summed E-state index contributed by atoms with van der Waals surface area (Å²) in [6, 6.07) is 9.35. The Hall–Kier alpha value is -3.41. The predicted molar refractivity (Wildman–Crippen MR) is 146 cm³/mol. The molecule has 2 rings (SSSR count). The molecule has 1 heterocycles. The van der Waals surface area contributed by atoms with Crippen LogP contribution in [0.15, 0.2) is 59.4 Å². The molecule has 2 aromatic rings. The van der Waals surface area contributed by atoms with Crippen LogP contribution < -0.4 is 16.0 Å². The van der Waals surface area contributed by atoms with E-state index in [1.807, 2.05) is 56.5 Å². The van der Waals surface area contributed by atoms with Crippen molar-refractivity contribution in [2.75, 3.05) is 17.2 Å². The number of hydrogen-bond donors (Lipinski definition) is 3. The first-order chi connectivity index (χ1) is 16.3. The SMILES string of the molecule is CC(=O)C(/C=C(\C)C(C)(C)C)=C(/C)NC(=O)Nc1ccc(C)c(-c2ccc(NCC(C)C)nc2)c1. The van der Waals surface area contributed by atoms with Crippen LogP contribution in [0.3, 0.4) is 0 Å². The van der Waals surface area contributed by atoms with Crippen LogP contribution in [0, 0.1) is 18.3 Å². The number of aromatic nitrogens is 1. The van der Waals surface area contributed by atoms with E-state index in [1.165, 1.54) is 6.92 Å². The van der Waals surface area contributed by atoms with Crippen LogP contribution in [0.1, 0.15) is 61.0 Å². The van der Waals surface area contributed by atoms with Crippen LogP contribution in [-0.2, 0) is 4.79 Å². The van der Waals surface area contributed by atoms with E-state index in [2.05, 4.69) is 55.6 Å². The molecule has 2 amide bonds. The summed E-state index contributed by atoms with van der Waals surface area (Å²) in [5.41, 5.74) is 5.70. The molecule has 0 saturated carbocycles. The van der Waals surface area contributed by atoms with Gasteiger partial charge in [0.15, 0.2) is 5.78 Å². The summed E-state index contributed by atoms with van der Waals surface area (Å²) >= 11 is 0. The van der Waals surface area contributed by atoms with Gasteiger partial charge in [0.05, 0.1) is 0 Å². The number of allylic oxidation sites excluding steroid dienone is 4. The lowest BCUT2D eigenvalue weighted by molar-refractivity contribution is -0.113. The fourth-order valence-corrected chi connectivity index (χ4v) is 3.28. The Kier molecular flexibility index (Phi) is 9.40. The molecule has 0 aliphatic rings. The normalized spacial score (nSPS) is 12.8. The van der Waals surface area contributed by atoms with E-state index in [1.54, 1.807) is 6.92 Å². The number of anilines is 2. The average Bonchev–Trinajstić information content (AvgIpc) is 2.76. The van der Waals surface area contributed by atoms with Gasteiger partial charge in [0.25, 0.3) is 0 Å². The molecule has 6 nitrogen and oxygen atoms in total. The lowest BCUT2D eigenvalue weighted by atomic mass is 9.86. The first-order valence-electron chi connectivity index (χ1n) is 12.1. The fourth-order valence-electron chi connectivity index (χ4n) is 3.28. The quantitative estimate of drug-likeness (QED) is 0.280. The number of carbonyl (C=O) groups is 2. The Labute approximate surface area is 210 Å². The molecular weight excluding hydrogens is 436 g/mol. The standard InChI is InChI=1S/C29H40N4O2/c1-18(2)16-30-27-13-11-23(17-31-27)25-15-24(12-10-19(25)3)33-28(35)32-21(5)26(22(6)34)14-20(4)29(7,8)9/h10-15,17-18H,16H2,1-9H3,(H,30,31)(H2,32,33,35)/b20-14+,26-21-. The highest BCUT2D eigenvalue weighted by Gasteiger charge is 2.16. The number of urea groups is 1. The molecule has 188 valence electrons. The highest BCUT2D eigenvalue weighted by molar-refractivity contribution is 5.98. The van der Waals surface area contributed by atoms with Crippen molar-refractivity contribution in [2.24, 2.45) is 11.3 Å². The maximum absolute atomic E-state index is 12.7. The van der Waals surface area contributed by atoms with E-state index < -0.39 is 6.03 Å². The van der Waals surface area contributed by atoms with Crippen LogP contribution >= 0.6 is 0 Å². The Morgan fingerprint density at radius 2 is 1.74 bits per heavy atom. The summed E-state index contributed by atoms with van der Waals surface area (Å²) in [7, 11) is 0. The molecule has 0 bridgehead atoms. The van der Waals surface area contributed by atoms with Gasteiger partial charge in [-0.25, -0.2) is 9.78 Å². The topological polar surface area (TPSA) is 83.1 Å². The number of aryl methyl sites for hydroxylation is 1. The van der Waals surface area contributed by atoms with Gasteiger partial charge >= 0.3 is 6.03 Å². The Balaban J connectivity index is 2.20. The molecule has 0 fully saturated rings. The number of pyridine rings is 1. The smallest absolute Gasteiger partial charge is 0.323 e. The number of amides is 2. The zero-order valence-electron chi connectivity index (χ0n) is 22.6. The van der Waals surface area contributed by atoms with Gasteiger partial charge in [0, 0.05) is 35.3 Å². The zero-order chi connectivity index (χ0) is 26.3. The molecule has 0 spiro atoms. The first kappa shape index (κ1) is 27.8. The van der Waals surface area contributed by atoms with Crippen LogP contribution in [0.25, 0.3) is 11.1 Å². The van der Waals surface area contributed by atoms with Gasteiger partial charge in [0.2, 0.25) is 0 Å². The molecule has 1 aromatic carbocycles. The van der Waals surface area contributed by atoms with Crippen molar-refractivity contribution < 1.29 is 9.59 Å². The zero-order valence-corrected chi connectivity index (χ0v) is 22.6. The number of ketones is 1. The minimum Gasteiger partial charge on any atom is -0.370 e. The summed E-state index contributed by atoms with van der Waals surface area (Å²) in [6.07, 6.45) is 3.69. The largest absolute Gasteiger partial charge is 0.370 e. The lowest BCUT2D eigenvalue weighted by Gasteiger charge is -2.20. The Morgan fingerprint density at radius 3 is 2.29 bits per heavy atom. The highest BCUT2D eigenvalue weighted by Crippen LogP contribution is 2.28. The van der Waals surface area contributed by atoms with Crippen LogP contribution in [-0.4, -0.2) is 23.3 Å². The van der Waals surface area contributed by atoms with E-state index in [0.717, 1.165) is 34.6 Å². The second-order valence-corrected chi connectivity index (χ2v) is 10.5. The van der Waals surface area contributed by atoms with Gasteiger partial charge in [-0.2, -0.15) is 0 Å². The summed E-state index contributed by atoms with van der Waals surface area (Å²) in [5, 5.41) is 9.02. The van der Waals surface area contributed by atoms with Crippen molar-refractivity contribution in [3.63, 3.8) is 0 Å². The van der Waals surface area contributed by atoms with Crippen molar-refractivity contribution in [3.05, 3.63) is 65.0 Å². The van der Waals surface area contributed by atoms with Crippen LogP contribution in [0.2, 0.25) is 0 Å². The number of nitrogens with one attached hydrogen (secondary N) is 3. The number of rotatable bonds is 8. The summed E-state index contributed by atoms with van der Waals surface area (Å²) < 4.78 is 0. The third-order valence-electron chi connectivity index (χ3n) is 5.89. The molecule has 0 unspecified atom stereocenters. The minimum absolute atomic E-state index is 0.0704. The number of hydrogen-bond acceptors (Lipinski definition) is 4. The molecular formula is C29H40N4O2. The van der Waals surface area contributed by atoms with E-state index in [4.69, 9.17) is 0 Å². The average molecular weight is 477 g/mol. The second kappa shape index (κ2) is 11.8. The van der Waals surface area contributed by atoms with Gasteiger partial charge in [-0.15, -0.1) is 0 Å². The predicted octanol–water partition coefficient (Wildman–Crippen LogP) is 7.10. The minimum atomic E-state index is -0.399. The van der Waals surface area contributed by atoms with E-state index in [-0.39, 0.29) is 11.2 Å². The van der Waals surface area contributed by atoms with Gasteiger partial charge < -0.3 is 16.0 Å². The number of carbonyl (C=O) groups excluding carboxylic acids is 2. The lowest BCUT2D eigenvalue weighted by Crippen LogP contribution is -2.28. The Bertz CT molecular complexity index is 1120. The fraction of sp³-hybridized carbons (Fsp3) is 0.414. The maximum Gasteiger partial charge on any atom is 0.323 e. The number of Topliss-reactive ketones (excluding diaryl/α,β-unsaturated/α-hetero) is 1. The molecule has 0 aliphatic carbocycles. The van der Waals surface area contributed by atoms with Crippen molar-refractivity contribution in [1.82, 2.24) is 10.3 Å². The van der Waals surface area contributed by atoms with Gasteiger partial charge in [0.1, 0.15) is 5.82 Å². The van der Waals surface area contributed by atoms with Gasteiger partial charge in [-0.3, -0.25) is 4.79 Å². The van der Waals surface area contributed by atoms with Gasteiger partial charge in [-0.05, 0) is 74.4 Å². The molecule has 0 aliphatic heterocycles. The third kappa shape index (κ3) is 8.39. The van der Waals surface area contributed by atoms with E-state index >= 15 is 0 Å². The van der Waals surface area contributed by atoms with Gasteiger partial charge in [-0.1, -0.05) is 52.3 Å². The molecule has 0 saturated heterocycles. The number of nitrogens with zero attached hydrogens (tertiary/aromatic N) is 1. The summed E-state index contributed by atoms with van der Waals surface area (Å²) in [6.45, 7) is 18.7. The van der Waals surface area contributed by atoms with Crippen molar-refractivity contribution >= 4 is 23.3 Å².